The van der Waals surface area contributed by atoms with Crippen molar-refractivity contribution in [1.29, 1.82) is 0 Å². The Hall–Kier alpha value is -1.80. The average Bonchev–Trinajstić information content (AvgIpc) is 2.84. The fourth-order valence-electron chi connectivity index (χ4n) is 3.08. The molecule has 0 spiro atoms. The molecule has 1 unspecified atom stereocenters. The first-order valence-electron chi connectivity index (χ1n) is 7.39. The number of fused-ring (bicyclic) bond motifs is 1. The molecule has 104 valence electrons. The molecule has 1 atom stereocenters. The van der Waals surface area contributed by atoms with Gasteiger partial charge in [-0.1, -0.05) is 42.5 Å². The Morgan fingerprint density at radius 1 is 1.10 bits per heavy atom. The van der Waals surface area contributed by atoms with Gasteiger partial charge in [0.2, 0.25) is 0 Å². The fraction of sp³-hybridized carbons (Fsp3) is 0.333. The molecular formula is C18H22N2. The lowest BCUT2D eigenvalue weighted by Gasteiger charge is -2.20. The quantitative estimate of drug-likeness (QED) is 0.921. The van der Waals surface area contributed by atoms with Crippen molar-refractivity contribution in [1.82, 2.24) is 0 Å². The number of nitrogens with zero attached hydrogens (tertiary/aromatic N) is 1. The van der Waals surface area contributed by atoms with Crippen LogP contribution in [0.25, 0.3) is 0 Å². The lowest BCUT2D eigenvalue weighted by molar-refractivity contribution is 0.733. The molecule has 0 saturated heterocycles. The number of hydrogen-bond donors (Lipinski definition) is 1. The Morgan fingerprint density at radius 2 is 1.90 bits per heavy atom. The molecule has 0 radical (unpaired) electrons. The van der Waals surface area contributed by atoms with E-state index in [2.05, 4.69) is 60.4 Å². The highest BCUT2D eigenvalue weighted by Crippen LogP contribution is 2.32. The van der Waals surface area contributed by atoms with Gasteiger partial charge in [0.1, 0.15) is 0 Å². The van der Waals surface area contributed by atoms with E-state index in [4.69, 9.17) is 5.73 Å². The maximum absolute atomic E-state index is 5.96. The second kappa shape index (κ2) is 5.68. The van der Waals surface area contributed by atoms with Crippen LogP contribution >= 0.6 is 0 Å². The molecule has 20 heavy (non-hydrogen) atoms. The number of anilines is 1. The van der Waals surface area contributed by atoms with Gasteiger partial charge >= 0.3 is 0 Å². The van der Waals surface area contributed by atoms with E-state index in [1.54, 1.807) is 0 Å². The predicted molar refractivity (Wildman–Crippen MR) is 85.0 cm³/mol. The largest absolute Gasteiger partial charge is 0.367 e. The van der Waals surface area contributed by atoms with Crippen LogP contribution in [-0.2, 0) is 19.4 Å². The molecule has 1 heterocycles. The third kappa shape index (κ3) is 2.70. The monoisotopic (exact) mass is 266 g/mol. The maximum Gasteiger partial charge on any atom is 0.0429 e. The molecule has 2 aromatic carbocycles. The van der Waals surface area contributed by atoms with E-state index in [-0.39, 0.29) is 6.04 Å². The van der Waals surface area contributed by atoms with Gasteiger partial charge in [0.05, 0.1) is 0 Å². The van der Waals surface area contributed by atoms with Crippen LogP contribution in [0.3, 0.4) is 0 Å². The van der Waals surface area contributed by atoms with Gasteiger partial charge in [0, 0.05) is 24.8 Å². The van der Waals surface area contributed by atoms with Crippen molar-refractivity contribution < 1.29 is 0 Å². The van der Waals surface area contributed by atoms with E-state index in [0.29, 0.717) is 0 Å². The topological polar surface area (TPSA) is 29.3 Å². The molecule has 0 fully saturated rings. The van der Waals surface area contributed by atoms with Gasteiger partial charge in [-0.25, -0.2) is 0 Å². The van der Waals surface area contributed by atoms with Crippen LogP contribution in [0.5, 0.6) is 0 Å². The minimum absolute atomic E-state index is 0.227. The summed E-state index contributed by atoms with van der Waals surface area (Å²) < 4.78 is 0. The summed E-state index contributed by atoms with van der Waals surface area (Å²) in [6.07, 6.45) is 2.12. The minimum Gasteiger partial charge on any atom is -0.367 e. The smallest absolute Gasteiger partial charge is 0.0429 e. The first-order valence-corrected chi connectivity index (χ1v) is 7.39. The second-order valence-corrected chi connectivity index (χ2v) is 5.75. The van der Waals surface area contributed by atoms with E-state index >= 15 is 0 Å². The summed E-state index contributed by atoms with van der Waals surface area (Å²) in [5.74, 6) is 0. The lowest BCUT2D eigenvalue weighted by atomic mass is 9.99. The first kappa shape index (κ1) is 13.2. The highest BCUT2D eigenvalue weighted by Gasteiger charge is 2.21. The van der Waals surface area contributed by atoms with Crippen LogP contribution < -0.4 is 10.6 Å². The van der Waals surface area contributed by atoms with Crippen molar-refractivity contribution in [3.63, 3.8) is 0 Å². The standard InChI is InChI=1S/C18H22N2/c1-14(19)12-16-8-5-9-18-17(16)10-11-20(18)13-15-6-3-2-4-7-15/h2-9,14H,10-13,19H2,1H3. The predicted octanol–water partition coefficient (Wildman–Crippen LogP) is 3.14. The van der Waals surface area contributed by atoms with Crippen LogP contribution in [0, 0.1) is 0 Å². The van der Waals surface area contributed by atoms with Crippen LogP contribution in [-0.4, -0.2) is 12.6 Å². The van der Waals surface area contributed by atoms with Crippen LogP contribution in [0.1, 0.15) is 23.6 Å². The molecule has 2 heteroatoms. The van der Waals surface area contributed by atoms with Crippen LogP contribution in [0.2, 0.25) is 0 Å². The molecule has 0 saturated carbocycles. The molecule has 1 aliphatic rings. The molecule has 1 aliphatic heterocycles. The normalized spacial score (nSPS) is 15.2. The van der Waals surface area contributed by atoms with Gasteiger partial charge < -0.3 is 10.6 Å². The van der Waals surface area contributed by atoms with Crippen molar-refractivity contribution in [2.45, 2.75) is 32.4 Å². The van der Waals surface area contributed by atoms with E-state index in [1.165, 1.54) is 22.4 Å². The summed E-state index contributed by atoms with van der Waals surface area (Å²) in [6.45, 7) is 4.19. The SMILES string of the molecule is CC(N)Cc1cccc2c1CCN2Cc1ccccc1. The number of rotatable bonds is 4. The third-order valence-corrected chi connectivity index (χ3v) is 3.98. The van der Waals surface area contributed by atoms with E-state index in [1.807, 2.05) is 0 Å². The van der Waals surface area contributed by atoms with E-state index < -0.39 is 0 Å². The second-order valence-electron chi connectivity index (χ2n) is 5.75. The summed E-state index contributed by atoms with van der Waals surface area (Å²) in [5.41, 5.74) is 11.7. The minimum atomic E-state index is 0.227. The first-order chi connectivity index (χ1) is 9.74. The average molecular weight is 266 g/mol. The van der Waals surface area contributed by atoms with Gasteiger partial charge in [0.25, 0.3) is 0 Å². The fourth-order valence-corrected chi connectivity index (χ4v) is 3.08. The van der Waals surface area contributed by atoms with Crippen LogP contribution in [0.4, 0.5) is 5.69 Å². The zero-order chi connectivity index (χ0) is 13.9. The highest BCUT2D eigenvalue weighted by molar-refractivity contribution is 5.61. The molecule has 0 bridgehead atoms. The zero-order valence-electron chi connectivity index (χ0n) is 12.0. The van der Waals surface area contributed by atoms with Crippen molar-refractivity contribution >= 4 is 5.69 Å². The van der Waals surface area contributed by atoms with Crippen LogP contribution in [0.15, 0.2) is 48.5 Å². The van der Waals surface area contributed by atoms with Crippen molar-refractivity contribution in [2.24, 2.45) is 5.73 Å². The molecule has 3 rings (SSSR count). The Bertz CT molecular complexity index is 575. The van der Waals surface area contributed by atoms with E-state index in [9.17, 15) is 0 Å². The molecule has 0 amide bonds. The summed E-state index contributed by atoms with van der Waals surface area (Å²) in [7, 11) is 0. The third-order valence-electron chi connectivity index (χ3n) is 3.98. The van der Waals surface area contributed by atoms with Crippen molar-refractivity contribution in [3.05, 3.63) is 65.2 Å². The Balaban J connectivity index is 1.83. The Morgan fingerprint density at radius 3 is 2.65 bits per heavy atom. The molecule has 0 aliphatic carbocycles. The van der Waals surface area contributed by atoms with Gasteiger partial charge in [-0.3, -0.25) is 0 Å². The van der Waals surface area contributed by atoms with Gasteiger partial charge in [-0.15, -0.1) is 0 Å². The molecule has 2 nitrogen and oxygen atoms in total. The van der Waals surface area contributed by atoms with Gasteiger partial charge in [-0.2, -0.15) is 0 Å². The van der Waals surface area contributed by atoms with Gasteiger partial charge in [0.15, 0.2) is 0 Å². The summed E-state index contributed by atoms with van der Waals surface area (Å²) in [5, 5.41) is 0. The number of nitrogens with two attached hydrogens (primary N) is 1. The summed E-state index contributed by atoms with van der Waals surface area (Å²) in [4.78, 5) is 2.48. The number of benzene rings is 2. The summed E-state index contributed by atoms with van der Waals surface area (Å²) in [6, 6.07) is 17.6. The Kier molecular flexibility index (Phi) is 3.75. The maximum atomic E-state index is 5.96. The van der Waals surface area contributed by atoms with Crippen molar-refractivity contribution in [2.75, 3.05) is 11.4 Å². The highest BCUT2D eigenvalue weighted by atomic mass is 15.1. The van der Waals surface area contributed by atoms with Gasteiger partial charge in [-0.05, 0) is 42.5 Å². The molecule has 0 aromatic heterocycles. The zero-order valence-corrected chi connectivity index (χ0v) is 12.0. The lowest BCUT2D eigenvalue weighted by Crippen LogP contribution is -2.19. The summed E-state index contributed by atoms with van der Waals surface area (Å²) >= 11 is 0. The molecular weight excluding hydrogens is 244 g/mol. The van der Waals surface area contributed by atoms with Crippen molar-refractivity contribution in [3.8, 4) is 0 Å². The molecule has 2 N–H and O–H groups in total. The number of hydrogen-bond acceptors (Lipinski definition) is 2. The van der Waals surface area contributed by atoms with E-state index in [0.717, 1.165) is 25.9 Å². The Labute approximate surface area is 121 Å². The molecule has 2 aromatic rings.